The number of nitriles is 1. The van der Waals surface area contributed by atoms with E-state index in [0.29, 0.717) is 5.92 Å². The van der Waals surface area contributed by atoms with E-state index in [1.54, 1.807) is 0 Å². The summed E-state index contributed by atoms with van der Waals surface area (Å²) < 4.78 is 0. The molecule has 1 aromatic heterocycles. The lowest BCUT2D eigenvalue weighted by Gasteiger charge is -2.24. The topological polar surface area (TPSA) is 52.5 Å². The zero-order valence-corrected chi connectivity index (χ0v) is 11.4. The first kappa shape index (κ1) is 13.6. The molecule has 2 aromatic rings. The molecule has 0 spiro atoms. The van der Waals surface area contributed by atoms with Gasteiger partial charge in [-0.05, 0) is 48.4 Å². The van der Waals surface area contributed by atoms with E-state index in [-0.39, 0.29) is 12.4 Å². The lowest BCUT2D eigenvalue weighted by Crippen LogP contribution is -2.17. The molecule has 19 heavy (non-hydrogen) atoms. The zero-order valence-electron chi connectivity index (χ0n) is 10.6. The predicted molar refractivity (Wildman–Crippen MR) is 76.2 cm³/mol. The molecular formula is C15H16ClN3. The first-order valence-corrected chi connectivity index (χ1v) is 6.35. The van der Waals surface area contributed by atoms with Crippen molar-refractivity contribution in [3.8, 4) is 6.07 Å². The summed E-state index contributed by atoms with van der Waals surface area (Å²) in [5.41, 5.74) is 3.53. The van der Waals surface area contributed by atoms with Crippen LogP contribution >= 0.6 is 12.4 Å². The maximum atomic E-state index is 8.90. The van der Waals surface area contributed by atoms with Gasteiger partial charge in [-0.25, -0.2) is 4.98 Å². The molecule has 3 rings (SSSR count). The Bertz CT molecular complexity index is 584. The van der Waals surface area contributed by atoms with Crippen molar-refractivity contribution in [2.45, 2.75) is 25.7 Å². The molecule has 0 saturated carbocycles. The van der Waals surface area contributed by atoms with E-state index in [9.17, 15) is 0 Å². The summed E-state index contributed by atoms with van der Waals surface area (Å²) in [6.07, 6.45) is 8.07. The Hall–Kier alpha value is -1.79. The normalized spacial score (nSPS) is 17.1. The van der Waals surface area contributed by atoms with E-state index in [0.717, 1.165) is 30.7 Å². The first-order valence-electron chi connectivity index (χ1n) is 6.35. The molecule has 0 amide bonds. The molecule has 1 heterocycles. The highest BCUT2D eigenvalue weighted by molar-refractivity contribution is 5.85. The Morgan fingerprint density at radius 1 is 1.37 bits per heavy atom. The fourth-order valence-electron chi connectivity index (χ4n) is 2.76. The van der Waals surface area contributed by atoms with Crippen LogP contribution in [0.5, 0.6) is 0 Å². The number of imidazole rings is 1. The molecule has 1 atom stereocenters. The van der Waals surface area contributed by atoms with Crippen molar-refractivity contribution in [3.05, 3.63) is 53.1 Å². The van der Waals surface area contributed by atoms with E-state index in [2.05, 4.69) is 22.1 Å². The van der Waals surface area contributed by atoms with Crippen LogP contribution in [0.4, 0.5) is 0 Å². The van der Waals surface area contributed by atoms with Crippen molar-refractivity contribution in [1.82, 2.24) is 9.97 Å². The van der Waals surface area contributed by atoms with Crippen LogP contribution in [0.25, 0.3) is 0 Å². The third-order valence-corrected chi connectivity index (χ3v) is 3.70. The number of rotatable bonds is 2. The van der Waals surface area contributed by atoms with E-state index in [4.69, 9.17) is 5.26 Å². The molecule has 4 heteroatoms. The number of fused-ring (bicyclic) bond motifs is 1. The third-order valence-electron chi connectivity index (χ3n) is 3.70. The van der Waals surface area contributed by atoms with Gasteiger partial charge in [-0.15, -0.1) is 12.4 Å². The monoisotopic (exact) mass is 273 g/mol. The lowest BCUT2D eigenvalue weighted by atomic mass is 9.81. The summed E-state index contributed by atoms with van der Waals surface area (Å²) in [5, 5.41) is 8.90. The number of hydrogen-bond acceptors (Lipinski definition) is 2. The number of halogens is 1. The minimum absolute atomic E-state index is 0. The molecule has 0 bridgehead atoms. The smallest absolute Gasteiger partial charge is 0.106 e. The second kappa shape index (κ2) is 5.90. The van der Waals surface area contributed by atoms with Crippen LogP contribution in [0.15, 0.2) is 30.6 Å². The fourth-order valence-corrected chi connectivity index (χ4v) is 2.76. The molecule has 0 saturated heterocycles. The maximum Gasteiger partial charge on any atom is 0.106 e. The Labute approximate surface area is 119 Å². The van der Waals surface area contributed by atoms with Gasteiger partial charge in [-0.2, -0.15) is 5.26 Å². The number of benzene rings is 1. The van der Waals surface area contributed by atoms with Crippen LogP contribution in [0, 0.1) is 17.2 Å². The van der Waals surface area contributed by atoms with Crippen LogP contribution in [-0.2, 0) is 19.3 Å². The average Bonchev–Trinajstić information content (AvgIpc) is 2.91. The van der Waals surface area contributed by atoms with Gasteiger partial charge in [0.15, 0.2) is 0 Å². The van der Waals surface area contributed by atoms with Gasteiger partial charge in [-0.3, -0.25) is 0 Å². The lowest BCUT2D eigenvalue weighted by molar-refractivity contribution is 0.448. The first-order chi connectivity index (χ1) is 8.85. The highest BCUT2D eigenvalue weighted by Crippen LogP contribution is 2.28. The Morgan fingerprint density at radius 3 is 3.00 bits per heavy atom. The zero-order chi connectivity index (χ0) is 12.4. The molecule has 1 aliphatic rings. The van der Waals surface area contributed by atoms with Crippen LogP contribution in [0.1, 0.15) is 28.9 Å². The van der Waals surface area contributed by atoms with Crippen molar-refractivity contribution in [3.63, 3.8) is 0 Å². The van der Waals surface area contributed by atoms with Crippen molar-refractivity contribution >= 4 is 12.4 Å². The van der Waals surface area contributed by atoms with Gasteiger partial charge >= 0.3 is 0 Å². The number of hydrogen-bond donors (Lipinski definition) is 1. The van der Waals surface area contributed by atoms with Crippen molar-refractivity contribution in [1.29, 1.82) is 5.26 Å². The summed E-state index contributed by atoms with van der Waals surface area (Å²) in [4.78, 5) is 7.47. The summed E-state index contributed by atoms with van der Waals surface area (Å²) >= 11 is 0. The van der Waals surface area contributed by atoms with Gasteiger partial charge in [0, 0.05) is 18.8 Å². The fraction of sp³-hybridized carbons (Fsp3) is 0.333. The highest BCUT2D eigenvalue weighted by Gasteiger charge is 2.19. The number of nitrogens with one attached hydrogen (secondary N) is 1. The van der Waals surface area contributed by atoms with E-state index in [1.807, 2.05) is 24.5 Å². The summed E-state index contributed by atoms with van der Waals surface area (Å²) in [6, 6.07) is 8.29. The molecule has 0 radical (unpaired) electrons. The number of aromatic amines is 1. The Morgan fingerprint density at radius 2 is 2.26 bits per heavy atom. The number of aromatic nitrogens is 2. The predicted octanol–water partition coefficient (Wildman–Crippen LogP) is 3.05. The van der Waals surface area contributed by atoms with Crippen molar-refractivity contribution < 1.29 is 0 Å². The van der Waals surface area contributed by atoms with Crippen LogP contribution < -0.4 is 0 Å². The summed E-state index contributed by atoms with van der Waals surface area (Å²) in [7, 11) is 0. The quantitative estimate of drug-likeness (QED) is 0.914. The molecule has 1 aromatic carbocycles. The minimum Gasteiger partial charge on any atom is -0.349 e. The Balaban J connectivity index is 0.00000133. The average molecular weight is 274 g/mol. The van der Waals surface area contributed by atoms with Gasteiger partial charge in [0.2, 0.25) is 0 Å². The third kappa shape index (κ3) is 2.97. The summed E-state index contributed by atoms with van der Waals surface area (Å²) in [5.74, 6) is 1.74. The van der Waals surface area contributed by atoms with Crippen molar-refractivity contribution in [2.24, 2.45) is 5.92 Å². The molecular weight excluding hydrogens is 258 g/mol. The molecule has 3 nitrogen and oxygen atoms in total. The van der Waals surface area contributed by atoms with Crippen LogP contribution in [0.3, 0.4) is 0 Å². The molecule has 1 N–H and O–H groups in total. The van der Waals surface area contributed by atoms with Gasteiger partial charge in [-0.1, -0.05) is 6.07 Å². The van der Waals surface area contributed by atoms with Gasteiger partial charge in [0.1, 0.15) is 5.82 Å². The maximum absolute atomic E-state index is 8.90. The second-order valence-electron chi connectivity index (χ2n) is 4.94. The van der Waals surface area contributed by atoms with Crippen LogP contribution in [-0.4, -0.2) is 9.97 Å². The number of nitrogens with zero attached hydrogens (tertiary/aromatic N) is 2. The van der Waals surface area contributed by atoms with E-state index >= 15 is 0 Å². The standard InChI is InChI=1S/C15H15N3.ClH/c16-10-12-2-4-13-7-11(1-3-14(13)8-12)9-15-17-5-6-18-15;/h2,4-6,8,11H,1,3,7,9H2,(H,17,18);1H. The Kier molecular flexibility index (Phi) is 4.24. The molecule has 1 unspecified atom stereocenters. The number of aryl methyl sites for hydroxylation is 1. The van der Waals surface area contributed by atoms with Gasteiger partial charge in [0.25, 0.3) is 0 Å². The minimum atomic E-state index is 0. The van der Waals surface area contributed by atoms with E-state index in [1.165, 1.54) is 17.5 Å². The largest absolute Gasteiger partial charge is 0.349 e. The van der Waals surface area contributed by atoms with Gasteiger partial charge < -0.3 is 4.98 Å². The second-order valence-corrected chi connectivity index (χ2v) is 4.94. The van der Waals surface area contributed by atoms with Crippen molar-refractivity contribution in [2.75, 3.05) is 0 Å². The highest BCUT2D eigenvalue weighted by atomic mass is 35.5. The van der Waals surface area contributed by atoms with Gasteiger partial charge in [0.05, 0.1) is 11.6 Å². The molecule has 0 aliphatic heterocycles. The SMILES string of the molecule is Cl.N#Cc1ccc2c(c1)CCC(Cc1ncc[nH]1)C2. The van der Waals surface area contributed by atoms with E-state index < -0.39 is 0 Å². The molecule has 0 fully saturated rings. The molecule has 1 aliphatic carbocycles. The number of H-pyrrole nitrogens is 1. The summed E-state index contributed by atoms with van der Waals surface area (Å²) in [6.45, 7) is 0. The van der Waals surface area contributed by atoms with Crippen LogP contribution in [0.2, 0.25) is 0 Å². The molecule has 98 valence electrons.